The van der Waals surface area contributed by atoms with Crippen LogP contribution < -0.4 is 15.0 Å². The smallest absolute Gasteiger partial charge is 0.274 e. The predicted octanol–water partition coefficient (Wildman–Crippen LogP) is 3.87. The first-order chi connectivity index (χ1) is 11.6. The number of halogens is 1. The van der Waals surface area contributed by atoms with Crippen molar-refractivity contribution >= 4 is 39.1 Å². The van der Waals surface area contributed by atoms with Gasteiger partial charge in [-0.1, -0.05) is 34.1 Å². The highest BCUT2D eigenvalue weighted by molar-refractivity contribution is 9.10. The van der Waals surface area contributed by atoms with Gasteiger partial charge in [-0.2, -0.15) is 0 Å². The van der Waals surface area contributed by atoms with Crippen molar-refractivity contribution in [1.82, 2.24) is 9.97 Å². The number of methoxy groups -OCH3 is 2. The molecule has 6 heteroatoms. The van der Waals surface area contributed by atoms with E-state index in [1.807, 2.05) is 36.4 Å². The summed E-state index contributed by atoms with van der Waals surface area (Å²) in [6.07, 6.45) is 3.48. The number of nitrogens with one attached hydrogen (secondary N) is 1. The van der Waals surface area contributed by atoms with Crippen LogP contribution in [0.3, 0.4) is 0 Å². The Morgan fingerprint density at radius 3 is 2.54 bits per heavy atom. The maximum absolute atomic E-state index is 12.1. The monoisotopic (exact) mass is 386 g/mol. The van der Waals surface area contributed by atoms with Crippen LogP contribution in [0.1, 0.15) is 11.3 Å². The number of rotatable bonds is 4. The summed E-state index contributed by atoms with van der Waals surface area (Å²) in [6.45, 7) is 0. The number of nitrogens with zero attached hydrogens (tertiary/aromatic N) is 1. The number of fused-ring (bicyclic) bond motifs is 1. The van der Waals surface area contributed by atoms with Gasteiger partial charge in [-0.3, -0.25) is 4.79 Å². The molecular weight excluding hydrogens is 372 g/mol. The quantitative estimate of drug-likeness (QED) is 0.738. The molecule has 0 amide bonds. The molecule has 0 radical (unpaired) electrons. The Morgan fingerprint density at radius 1 is 1.08 bits per heavy atom. The van der Waals surface area contributed by atoms with E-state index >= 15 is 0 Å². The number of aromatic nitrogens is 2. The zero-order chi connectivity index (χ0) is 17.1. The molecule has 3 rings (SSSR count). The molecule has 0 aliphatic heterocycles. The fourth-order valence-electron chi connectivity index (χ4n) is 2.32. The molecule has 2 aromatic carbocycles. The minimum Gasteiger partial charge on any atom is -0.493 e. The van der Waals surface area contributed by atoms with E-state index in [1.165, 1.54) is 0 Å². The van der Waals surface area contributed by atoms with Crippen molar-refractivity contribution < 1.29 is 9.47 Å². The summed E-state index contributed by atoms with van der Waals surface area (Å²) in [4.78, 5) is 19.4. The Balaban J connectivity index is 2.02. The summed E-state index contributed by atoms with van der Waals surface area (Å²) >= 11 is 3.49. The van der Waals surface area contributed by atoms with Crippen LogP contribution in [0.25, 0.3) is 23.2 Å². The van der Waals surface area contributed by atoms with Gasteiger partial charge in [0.05, 0.1) is 25.3 Å². The third-order valence-corrected chi connectivity index (χ3v) is 4.24. The number of H-pyrrole nitrogens is 1. The number of para-hydroxylation sites is 2. The fraction of sp³-hybridized carbons (Fsp3) is 0.111. The standard InChI is InChI=1S/C18H15BrN2O3/c1-23-16-9-11(12(19)10-17(16)24-2)7-8-15-18(22)21-14-6-4-3-5-13(14)20-15/h3-10H,1-2H3,(H,21,22)/b8-7+. The number of benzene rings is 2. The summed E-state index contributed by atoms with van der Waals surface area (Å²) in [5.74, 6) is 1.24. The summed E-state index contributed by atoms with van der Waals surface area (Å²) in [5, 5.41) is 0. The lowest BCUT2D eigenvalue weighted by Crippen LogP contribution is -2.11. The molecular formula is C18H15BrN2O3. The lowest BCUT2D eigenvalue weighted by Gasteiger charge is -2.09. The topological polar surface area (TPSA) is 64.2 Å². The second-order valence-electron chi connectivity index (χ2n) is 5.03. The first-order valence-corrected chi connectivity index (χ1v) is 8.00. The van der Waals surface area contributed by atoms with E-state index in [0.717, 1.165) is 15.6 Å². The maximum Gasteiger partial charge on any atom is 0.274 e. The molecule has 1 heterocycles. The first kappa shape index (κ1) is 16.3. The molecule has 0 saturated heterocycles. The minimum atomic E-state index is -0.235. The molecule has 0 bridgehead atoms. The van der Waals surface area contributed by atoms with Gasteiger partial charge in [0, 0.05) is 4.47 Å². The third kappa shape index (κ3) is 3.19. The lowest BCUT2D eigenvalue weighted by atomic mass is 10.1. The average Bonchev–Trinajstić information content (AvgIpc) is 2.60. The summed E-state index contributed by atoms with van der Waals surface area (Å²) in [5.41, 5.74) is 2.41. The van der Waals surface area contributed by atoms with E-state index in [9.17, 15) is 4.79 Å². The number of ether oxygens (including phenoxy) is 2. The van der Waals surface area contributed by atoms with Gasteiger partial charge in [-0.15, -0.1) is 0 Å². The van der Waals surface area contributed by atoms with Crippen LogP contribution in [0.15, 0.2) is 45.7 Å². The predicted molar refractivity (Wildman–Crippen MR) is 98.5 cm³/mol. The molecule has 0 atom stereocenters. The highest BCUT2D eigenvalue weighted by Gasteiger charge is 2.08. The highest BCUT2D eigenvalue weighted by atomic mass is 79.9. The molecule has 1 N–H and O–H groups in total. The van der Waals surface area contributed by atoms with Gasteiger partial charge in [-0.25, -0.2) is 4.98 Å². The zero-order valence-electron chi connectivity index (χ0n) is 13.2. The molecule has 0 aliphatic carbocycles. The van der Waals surface area contributed by atoms with Crippen molar-refractivity contribution in [3.63, 3.8) is 0 Å². The van der Waals surface area contributed by atoms with E-state index in [4.69, 9.17) is 9.47 Å². The van der Waals surface area contributed by atoms with Gasteiger partial charge in [0.15, 0.2) is 11.5 Å². The van der Waals surface area contributed by atoms with E-state index in [2.05, 4.69) is 25.9 Å². The van der Waals surface area contributed by atoms with Crippen molar-refractivity contribution in [3.05, 3.63) is 62.5 Å². The van der Waals surface area contributed by atoms with Gasteiger partial charge in [-0.05, 0) is 35.9 Å². The van der Waals surface area contributed by atoms with Crippen molar-refractivity contribution in [1.29, 1.82) is 0 Å². The SMILES string of the molecule is COc1cc(Br)c(/C=C/c2nc3ccccc3[nH]c2=O)cc1OC. The van der Waals surface area contributed by atoms with Gasteiger partial charge < -0.3 is 14.5 Å². The highest BCUT2D eigenvalue weighted by Crippen LogP contribution is 2.34. The van der Waals surface area contributed by atoms with Crippen molar-refractivity contribution in [2.24, 2.45) is 0 Å². The molecule has 1 aromatic heterocycles. The largest absolute Gasteiger partial charge is 0.493 e. The average molecular weight is 387 g/mol. The second kappa shape index (κ2) is 6.88. The van der Waals surface area contributed by atoms with Crippen molar-refractivity contribution in [2.75, 3.05) is 14.2 Å². The molecule has 5 nitrogen and oxygen atoms in total. The molecule has 0 spiro atoms. The Bertz CT molecular complexity index is 980. The Hall–Kier alpha value is -2.60. The van der Waals surface area contributed by atoms with Crippen LogP contribution in [0.4, 0.5) is 0 Å². The normalized spacial score (nSPS) is 11.1. The number of hydrogen-bond donors (Lipinski definition) is 1. The van der Waals surface area contributed by atoms with Gasteiger partial charge in [0.1, 0.15) is 5.69 Å². The van der Waals surface area contributed by atoms with Gasteiger partial charge >= 0.3 is 0 Å². The fourth-order valence-corrected chi connectivity index (χ4v) is 2.78. The number of hydrogen-bond acceptors (Lipinski definition) is 4. The van der Waals surface area contributed by atoms with Crippen LogP contribution in [0.5, 0.6) is 11.5 Å². The molecule has 24 heavy (non-hydrogen) atoms. The van der Waals surface area contributed by atoms with Crippen LogP contribution in [0.2, 0.25) is 0 Å². The number of aromatic amines is 1. The Morgan fingerprint density at radius 2 is 1.79 bits per heavy atom. The molecule has 0 saturated carbocycles. The van der Waals surface area contributed by atoms with Crippen LogP contribution in [-0.4, -0.2) is 24.2 Å². The third-order valence-electron chi connectivity index (χ3n) is 3.55. The first-order valence-electron chi connectivity index (χ1n) is 7.21. The summed E-state index contributed by atoms with van der Waals surface area (Å²) in [7, 11) is 3.16. The molecule has 0 fully saturated rings. The van der Waals surface area contributed by atoms with E-state index in [-0.39, 0.29) is 5.56 Å². The van der Waals surface area contributed by atoms with E-state index in [1.54, 1.807) is 26.4 Å². The van der Waals surface area contributed by atoms with Crippen molar-refractivity contribution in [2.45, 2.75) is 0 Å². The second-order valence-corrected chi connectivity index (χ2v) is 5.88. The molecule has 0 unspecified atom stereocenters. The van der Waals surface area contributed by atoms with Crippen LogP contribution >= 0.6 is 15.9 Å². The molecule has 3 aromatic rings. The Labute approximate surface area is 147 Å². The van der Waals surface area contributed by atoms with Gasteiger partial charge in [0.25, 0.3) is 5.56 Å². The lowest BCUT2D eigenvalue weighted by molar-refractivity contribution is 0.354. The Kier molecular flexibility index (Phi) is 4.66. The van der Waals surface area contributed by atoms with E-state index in [0.29, 0.717) is 22.7 Å². The van der Waals surface area contributed by atoms with Crippen LogP contribution in [0, 0.1) is 0 Å². The van der Waals surface area contributed by atoms with E-state index < -0.39 is 0 Å². The maximum atomic E-state index is 12.1. The van der Waals surface area contributed by atoms with Crippen molar-refractivity contribution in [3.8, 4) is 11.5 Å². The van der Waals surface area contributed by atoms with Gasteiger partial charge in [0.2, 0.25) is 0 Å². The summed E-state index contributed by atoms with van der Waals surface area (Å²) in [6, 6.07) is 11.1. The zero-order valence-corrected chi connectivity index (χ0v) is 14.8. The molecule has 122 valence electrons. The van der Waals surface area contributed by atoms with Crippen LogP contribution in [-0.2, 0) is 0 Å². The minimum absolute atomic E-state index is 0.235. The summed E-state index contributed by atoms with van der Waals surface area (Å²) < 4.78 is 11.4. The molecule has 0 aliphatic rings.